The van der Waals surface area contributed by atoms with Gasteiger partial charge < -0.3 is 37.6 Å². The van der Waals surface area contributed by atoms with Crippen LogP contribution in [-0.4, -0.2) is 84.8 Å². The van der Waals surface area contributed by atoms with E-state index >= 15 is 0 Å². The molecule has 1 spiro atoms. The molecule has 0 unspecified atom stereocenters. The molecule has 0 N–H and O–H groups in total. The summed E-state index contributed by atoms with van der Waals surface area (Å²) >= 11 is 0. The lowest BCUT2D eigenvalue weighted by Gasteiger charge is -2.53. The summed E-state index contributed by atoms with van der Waals surface area (Å²) in [6.07, 6.45) is -0.636. The van der Waals surface area contributed by atoms with E-state index in [9.17, 15) is 4.79 Å². The number of benzene rings is 2. The standard InChI is InChI=1S/C39H60O9Si/c1-27(23-46-49(9,10)38(4,5)6)33(42-8)28(2)34-29(3)35(45-26-41-7)36(43-24-30-17-13-11-14-18-30)39(48-34)22-21-32(47-39)25-44-37(40)31-19-15-12-16-20-31/h11-20,27-29,32-36H,21-26H2,1-10H3/t27-,28+,29+,32-,33+,34-,35-,36-,39+/m1/s1. The smallest absolute Gasteiger partial charge is 0.338 e. The molecular formula is C39H60O9Si. The molecule has 0 aromatic heterocycles. The van der Waals surface area contributed by atoms with Gasteiger partial charge in [-0.05, 0) is 42.2 Å². The molecule has 10 heteroatoms. The molecule has 49 heavy (non-hydrogen) atoms. The molecule has 4 rings (SSSR count). The number of carbonyl (C=O) groups excluding carboxylic acids is 1. The minimum absolute atomic E-state index is 0.0443. The van der Waals surface area contributed by atoms with Crippen LogP contribution < -0.4 is 0 Å². The third-order valence-electron chi connectivity index (χ3n) is 10.7. The number of carbonyl (C=O) groups is 1. The average molecular weight is 701 g/mol. The number of ether oxygens (including phenoxy) is 7. The van der Waals surface area contributed by atoms with Crippen LogP contribution in [0.4, 0.5) is 0 Å². The minimum atomic E-state index is -1.95. The van der Waals surface area contributed by atoms with E-state index in [0.717, 1.165) is 5.56 Å². The quantitative estimate of drug-likeness (QED) is 0.0996. The molecule has 2 aliphatic heterocycles. The summed E-state index contributed by atoms with van der Waals surface area (Å²) in [4.78, 5) is 12.8. The van der Waals surface area contributed by atoms with Gasteiger partial charge in [-0.1, -0.05) is 90.1 Å². The monoisotopic (exact) mass is 700 g/mol. The number of rotatable bonds is 16. The Balaban J connectivity index is 1.59. The molecule has 2 saturated heterocycles. The predicted molar refractivity (Wildman–Crippen MR) is 192 cm³/mol. The first-order chi connectivity index (χ1) is 23.2. The van der Waals surface area contributed by atoms with Gasteiger partial charge in [0.25, 0.3) is 0 Å². The van der Waals surface area contributed by atoms with Crippen LogP contribution in [0.1, 0.15) is 70.3 Å². The minimum Gasteiger partial charge on any atom is -0.459 e. The van der Waals surface area contributed by atoms with Crippen molar-refractivity contribution >= 4 is 14.3 Å². The molecule has 2 aromatic carbocycles. The second-order valence-electron chi connectivity index (χ2n) is 15.4. The summed E-state index contributed by atoms with van der Waals surface area (Å²) in [6, 6.07) is 19.0. The Bertz CT molecular complexity index is 1290. The zero-order chi connectivity index (χ0) is 35.8. The molecule has 0 amide bonds. The zero-order valence-corrected chi connectivity index (χ0v) is 32.3. The Labute approximate surface area is 295 Å². The van der Waals surface area contributed by atoms with Gasteiger partial charge in [0.1, 0.15) is 19.5 Å². The van der Waals surface area contributed by atoms with E-state index in [-0.39, 0.29) is 60.5 Å². The van der Waals surface area contributed by atoms with Gasteiger partial charge in [-0.2, -0.15) is 0 Å². The van der Waals surface area contributed by atoms with Crippen molar-refractivity contribution in [1.82, 2.24) is 0 Å². The maximum atomic E-state index is 12.8. The molecule has 2 aromatic rings. The highest BCUT2D eigenvalue weighted by molar-refractivity contribution is 6.74. The number of methoxy groups -OCH3 is 2. The maximum absolute atomic E-state index is 12.8. The molecule has 0 bridgehead atoms. The second-order valence-corrected chi connectivity index (χ2v) is 20.2. The summed E-state index contributed by atoms with van der Waals surface area (Å²) in [5.74, 6) is -1.55. The van der Waals surface area contributed by atoms with Crippen molar-refractivity contribution in [3.63, 3.8) is 0 Å². The van der Waals surface area contributed by atoms with Crippen LogP contribution in [0.15, 0.2) is 60.7 Å². The molecule has 9 atom stereocenters. The van der Waals surface area contributed by atoms with E-state index in [4.69, 9.17) is 37.6 Å². The normalized spacial score (nSPS) is 27.9. The fourth-order valence-electron chi connectivity index (χ4n) is 6.88. The van der Waals surface area contributed by atoms with Gasteiger partial charge in [-0.15, -0.1) is 0 Å². The van der Waals surface area contributed by atoms with Crippen LogP contribution in [0.2, 0.25) is 18.1 Å². The average Bonchev–Trinajstić information content (AvgIpc) is 3.49. The third-order valence-corrected chi connectivity index (χ3v) is 15.2. The lowest BCUT2D eigenvalue weighted by molar-refractivity contribution is -0.372. The summed E-state index contributed by atoms with van der Waals surface area (Å²) < 4.78 is 51.1. The van der Waals surface area contributed by atoms with E-state index in [1.807, 2.05) is 48.5 Å². The van der Waals surface area contributed by atoms with Gasteiger partial charge >= 0.3 is 5.97 Å². The van der Waals surface area contributed by atoms with Crippen molar-refractivity contribution in [2.45, 2.75) is 115 Å². The molecule has 9 nitrogen and oxygen atoms in total. The van der Waals surface area contributed by atoms with Gasteiger partial charge in [0, 0.05) is 45.0 Å². The summed E-state index contributed by atoms with van der Waals surface area (Å²) in [6.45, 7) is 19.0. The van der Waals surface area contributed by atoms with Crippen LogP contribution in [0, 0.1) is 17.8 Å². The van der Waals surface area contributed by atoms with Gasteiger partial charge in [0.2, 0.25) is 0 Å². The maximum Gasteiger partial charge on any atom is 0.338 e. The zero-order valence-electron chi connectivity index (χ0n) is 31.3. The van der Waals surface area contributed by atoms with Gasteiger partial charge in [-0.25, -0.2) is 4.79 Å². The molecular weight excluding hydrogens is 641 g/mol. The van der Waals surface area contributed by atoms with Crippen LogP contribution in [0.5, 0.6) is 0 Å². The van der Waals surface area contributed by atoms with Crippen molar-refractivity contribution < 1.29 is 42.4 Å². The lowest BCUT2D eigenvalue weighted by Crippen LogP contribution is -2.65. The van der Waals surface area contributed by atoms with E-state index in [1.165, 1.54) is 0 Å². The van der Waals surface area contributed by atoms with Crippen molar-refractivity contribution in [3.8, 4) is 0 Å². The first kappa shape index (κ1) is 39.6. The summed E-state index contributed by atoms with van der Waals surface area (Å²) in [7, 11) is 1.43. The topological polar surface area (TPSA) is 90.9 Å². The van der Waals surface area contributed by atoms with Gasteiger partial charge in [0.15, 0.2) is 14.1 Å². The molecule has 0 radical (unpaired) electrons. The summed E-state index contributed by atoms with van der Waals surface area (Å²) in [5.41, 5.74) is 1.54. The van der Waals surface area contributed by atoms with Crippen molar-refractivity contribution in [3.05, 3.63) is 71.8 Å². The summed E-state index contributed by atoms with van der Waals surface area (Å²) in [5, 5.41) is 0.112. The highest BCUT2D eigenvalue weighted by Gasteiger charge is 2.60. The Morgan fingerprint density at radius 2 is 1.63 bits per heavy atom. The first-order valence-corrected chi connectivity index (χ1v) is 20.6. The van der Waals surface area contributed by atoms with Crippen molar-refractivity contribution in [2.75, 3.05) is 34.2 Å². The number of esters is 1. The van der Waals surface area contributed by atoms with Crippen molar-refractivity contribution in [2.24, 2.45) is 17.8 Å². The third kappa shape index (κ3) is 9.80. The fourth-order valence-corrected chi connectivity index (χ4v) is 7.99. The second kappa shape index (κ2) is 17.4. The SMILES string of the molecule is COCO[C@@H]1[C@@H](C)[C@@H]([C@@H](C)[C@@H](OC)[C@H](C)CO[Si](C)(C)C(C)(C)C)O[C@@]2(CC[C@H](COC(=O)c3ccccc3)O2)[C@@H]1OCc1ccccc1. The Morgan fingerprint density at radius 1 is 0.980 bits per heavy atom. The lowest BCUT2D eigenvalue weighted by atomic mass is 9.77. The van der Waals surface area contributed by atoms with Crippen LogP contribution in [0.3, 0.4) is 0 Å². The Morgan fingerprint density at radius 3 is 2.24 bits per heavy atom. The largest absolute Gasteiger partial charge is 0.459 e. The van der Waals surface area contributed by atoms with Crippen molar-refractivity contribution in [1.29, 1.82) is 0 Å². The highest BCUT2D eigenvalue weighted by atomic mass is 28.4. The molecule has 2 fully saturated rings. The number of hydrogen-bond acceptors (Lipinski definition) is 9. The molecule has 2 aliphatic rings. The number of hydrogen-bond donors (Lipinski definition) is 0. The van der Waals surface area contributed by atoms with E-state index < -0.39 is 26.3 Å². The fraction of sp³-hybridized carbons (Fsp3) is 0.667. The Hall–Kier alpha value is -2.15. The van der Waals surface area contributed by atoms with Gasteiger partial charge in [0.05, 0.1) is 36.6 Å². The Kier molecular flexibility index (Phi) is 14.1. The molecule has 274 valence electrons. The molecule has 0 aliphatic carbocycles. The molecule has 0 saturated carbocycles. The van der Waals surface area contributed by atoms with Crippen LogP contribution in [-0.2, 0) is 44.2 Å². The van der Waals surface area contributed by atoms with Crippen LogP contribution >= 0.6 is 0 Å². The highest BCUT2D eigenvalue weighted by Crippen LogP contribution is 2.48. The van der Waals surface area contributed by atoms with E-state index in [1.54, 1.807) is 26.4 Å². The van der Waals surface area contributed by atoms with Gasteiger partial charge in [-0.3, -0.25) is 0 Å². The van der Waals surface area contributed by atoms with Crippen LogP contribution in [0.25, 0.3) is 0 Å². The van der Waals surface area contributed by atoms with E-state index in [0.29, 0.717) is 31.6 Å². The first-order valence-electron chi connectivity index (χ1n) is 17.7. The van der Waals surface area contributed by atoms with E-state index in [2.05, 4.69) is 54.6 Å². The molecule has 2 heterocycles. The predicted octanol–water partition coefficient (Wildman–Crippen LogP) is 7.64.